The summed E-state index contributed by atoms with van der Waals surface area (Å²) in [6.45, 7) is 5.31. The Morgan fingerprint density at radius 1 is 1.29 bits per heavy atom. The summed E-state index contributed by atoms with van der Waals surface area (Å²) in [4.78, 5) is 19.2. The van der Waals surface area contributed by atoms with Gasteiger partial charge in [0.15, 0.2) is 5.15 Å². The topological polar surface area (TPSA) is 54.5 Å². The van der Waals surface area contributed by atoms with Crippen LogP contribution >= 0.6 is 11.6 Å². The van der Waals surface area contributed by atoms with Crippen molar-refractivity contribution < 1.29 is 9.53 Å². The number of pyridine rings is 1. The van der Waals surface area contributed by atoms with Gasteiger partial charge in [0, 0.05) is 23.8 Å². The molecule has 4 rings (SSSR count). The van der Waals surface area contributed by atoms with Crippen molar-refractivity contribution in [2.24, 2.45) is 0 Å². The summed E-state index contributed by atoms with van der Waals surface area (Å²) >= 11 is 6.09. The monoisotopic (exact) mass is 399 g/mol. The molecule has 1 N–H and O–H groups in total. The number of rotatable bonds is 5. The molecule has 148 valence electrons. The third-order valence-electron chi connectivity index (χ3n) is 5.64. The largest absolute Gasteiger partial charge is 0.493 e. The van der Waals surface area contributed by atoms with Crippen molar-refractivity contribution in [1.29, 1.82) is 0 Å². The molecule has 1 saturated carbocycles. The number of anilines is 1. The van der Waals surface area contributed by atoms with E-state index >= 15 is 0 Å². The number of carbonyl (C=O) groups excluding carboxylic acids is 1. The van der Waals surface area contributed by atoms with Crippen molar-refractivity contribution in [1.82, 2.24) is 9.88 Å². The van der Waals surface area contributed by atoms with E-state index in [1.54, 1.807) is 18.3 Å². The van der Waals surface area contributed by atoms with Gasteiger partial charge in [-0.15, -0.1) is 0 Å². The molecule has 28 heavy (non-hydrogen) atoms. The summed E-state index contributed by atoms with van der Waals surface area (Å²) < 4.78 is 6.03. The molecule has 2 heterocycles. The third kappa shape index (κ3) is 4.15. The number of aryl methyl sites for hydroxylation is 2. The number of nitrogens with one attached hydrogen (secondary N) is 1. The lowest BCUT2D eigenvalue weighted by atomic mass is 9.96. The number of fused-ring (bicyclic) bond motifs is 1. The molecular formula is C22H26ClN3O2. The van der Waals surface area contributed by atoms with Crippen LogP contribution < -0.4 is 10.1 Å². The molecule has 0 spiro atoms. The molecule has 1 aliphatic heterocycles. The first kappa shape index (κ1) is 19.2. The van der Waals surface area contributed by atoms with Gasteiger partial charge in [-0.2, -0.15) is 0 Å². The minimum Gasteiger partial charge on any atom is -0.493 e. The van der Waals surface area contributed by atoms with E-state index in [0.29, 0.717) is 23.4 Å². The molecule has 0 saturated heterocycles. The van der Waals surface area contributed by atoms with E-state index < -0.39 is 0 Å². The van der Waals surface area contributed by atoms with Crippen LogP contribution in [0.25, 0.3) is 0 Å². The number of hydrogen-bond acceptors (Lipinski definition) is 4. The second-order valence-corrected chi connectivity index (χ2v) is 8.13. The van der Waals surface area contributed by atoms with Crippen molar-refractivity contribution >= 4 is 23.2 Å². The van der Waals surface area contributed by atoms with Gasteiger partial charge in [0.2, 0.25) is 5.91 Å². The van der Waals surface area contributed by atoms with Gasteiger partial charge in [0.05, 0.1) is 18.8 Å². The molecule has 0 bridgehead atoms. The average Bonchev–Trinajstić information content (AvgIpc) is 3.51. The molecule has 1 aromatic heterocycles. The van der Waals surface area contributed by atoms with E-state index in [0.717, 1.165) is 38.0 Å². The predicted molar refractivity (Wildman–Crippen MR) is 111 cm³/mol. The quantitative estimate of drug-likeness (QED) is 0.742. The Bertz CT molecular complexity index is 882. The summed E-state index contributed by atoms with van der Waals surface area (Å²) in [6.07, 6.45) is 5.86. The average molecular weight is 400 g/mol. The van der Waals surface area contributed by atoms with Crippen LogP contribution in [0.4, 0.5) is 5.69 Å². The lowest BCUT2D eigenvalue weighted by Crippen LogP contribution is -2.38. The first-order chi connectivity index (χ1) is 13.5. The molecule has 0 radical (unpaired) electrons. The number of hydrogen-bond donors (Lipinski definition) is 1. The lowest BCUT2D eigenvalue weighted by Gasteiger charge is -2.31. The number of nitrogens with zero attached hydrogens (tertiary/aromatic N) is 2. The van der Waals surface area contributed by atoms with Gasteiger partial charge in [-0.05, 0) is 68.9 Å². The third-order valence-corrected chi connectivity index (χ3v) is 5.94. The smallest absolute Gasteiger partial charge is 0.238 e. The minimum atomic E-state index is -0.0580. The van der Waals surface area contributed by atoms with Crippen LogP contribution in [-0.2, 0) is 4.79 Å². The van der Waals surface area contributed by atoms with Gasteiger partial charge < -0.3 is 10.1 Å². The molecule has 1 amide bonds. The normalized spacial score (nSPS) is 18.9. The fraction of sp³-hybridized carbons (Fsp3) is 0.455. The number of benzene rings is 1. The van der Waals surface area contributed by atoms with Gasteiger partial charge in [-0.3, -0.25) is 9.69 Å². The first-order valence-electron chi connectivity index (χ1n) is 9.93. The van der Waals surface area contributed by atoms with Crippen molar-refractivity contribution in [3.8, 4) is 5.75 Å². The van der Waals surface area contributed by atoms with Crippen molar-refractivity contribution in [3.05, 3.63) is 52.3 Å². The minimum absolute atomic E-state index is 0.0580. The van der Waals surface area contributed by atoms with E-state index in [1.807, 2.05) is 0 Å². The fourth-order valence-corrected chi connectivity index (χ4v) is 4.06. The Labute approximate surface area is 171 Å². The standard InChI is InChI=1S/C22H26ClN3O2/c1-14-11-17-19(6-4-10-28-20(17)12-15(14)2)26(16-7-8-16)13-21(27)25-18-5-3-9-24-22(18)23/h3,5,9,11-12,16,19H,4,6-8,10,13H2,1-2H3,(H,25,27). The predicted octanol–water partition coefficient (Wildman–Crippen LogP) is 4.67. The fourth-order valence-electron chi connectivity index (χ4n) is 3.89. The van der Waals surface area contributed by atoms with Crippen LogP contribution in [0.2, 0.25) is 5.15 Å². The molecule has 1 aliphatic carbocycles. The second kappa shape index (κ2) is 8.10. The van der Waals surface area contributed by atoms with E-state index in [1.165, 1.54) is 16.7 Å². The van der Waals surface area contributed by atoms with Gasteiger partial charge in [0.1, 0.15) is 5.75 Å². The maximum absolute atomic E-state index is 12.8. The van der Waals surface area contributed by atoms with Crippen LogP contribution in [0.1, 0.15) is 48.4 Å². The van der Waals surface area contributed by atoms with Crippen LogP contribution in [-0.4, -0.2) is 35.0 Å². The molecule has 1 atom stereocenters. The summed E-state index contributed by atoms with van der Waals surface area (Å²) in [7, 11) is 0. The maximum Gasteiger partial charge on any atom is 0.238 e. The zero-order valence-electron chi connectivity index (χ0n) is 16.4. The molecule has 6 heteroatoms. The van der Waals surface area contributed by atoms with Crippen LogP contribution in [0.5, 0.6) is 5.75 Å². The Balaban J connectivity index is 1.58. The Kier molecular flexibility index (Phi) is 5.56. The number of aromatic nitrogens is 1. The molecular weight excluding hydrogens is 374 g/mol. The van der Waals surface area contributed by atoms with Gasteiger partial charge >= 0.3 is 0 Å². The summed E-state index contributed by atoms with van der Waals surface area (Å²) in [5, 5.41) is 3.23. The maximum atomic E-state index is 12.8. The lowest BCUT2D eigenvalue weighted by molar-refractivity contribution is -0.118. The summed E-state index contributed by atoms with van der Waals surface area (Å²) in [5.41, 5.74) is 4.26. The van der Waals surface area contributed by atoms with E-state index in [2.05, 4.69) is 41.2 Å². The highest BCUT2D eigenvalue weighted by molar-refractivity contribution is 6.32. The highest BCUT2D eigenvalue weighted by Crippen LogP contribution is 2.42. The second-order valence-electron chi connectivity index (χ2n) is 7.77. The molecule has 1 aromatic carbocycles. The highest BCUT2D eigenvalue weighted by atomic mass is 35.5. The zero-order valence-corrected chi connectivity index (χ0v) is 17.1. The Morgan fingerprint density at radius 2 is 2.07 bits per heavy atom. The van der Waals surface area contributed by atoms with Crippen LogP contribution in [0.15, 0.2) is 30.5 Å². The zero-order chi connectivity index (χ0) is 19.7. The van der Waals surface area contributed by atoms with E-state index in [-0.39, 0.29) is 11.9 Å². The summed E-state index contributed by atoms with van der Waals surface area (Å²) in [6, 6.07) is 8.57. The van der Waals surface area contributed by atoms with Gasteiger partial charge in [-0.1, -0.05) is 17.7 Å². The molecule has 5 nitrogen and oxygen atoms in total. The highest BCUT2D eigenvalue weighted by Gasteiger charge is 2.37. The van der Waals surface area contributed by atoms with Crippen molar-refractivity contribution in [2.75, 3.05) is 18.5 Å². The molecule has 2 aromatic rings. The number of ether oxygens (including phenoxy) is 1. The van der Waals surface area contributed by atoms with Gasteiger partial charge in [0.25, 0.3) is 0 Å². The van der Waals surface area contributed by atoms with Gasteiger partial charge in [-0.25, -0.2) is 4.98 Å². The van der Waals surface area contributed by atoms with Crippen molar-refractivity contribution in [2.45, 2.75) is 51.6 Å². The van der Waals surface area contributed by atoms with Crippen LogP contribution in [0, 0.1) is 13.8 Å². The molecule has 2 aliphatic rings. The number of carbonyl (C=O) groups is 1. The number of halogens is 1. The van der Waals surface area contributed by atoms with Crippen molar-refractivity contribution in [3.63, 3.8) is 0 Å². The van der Waals surface area contributed by atoms with E-state index in [4.69, 9.17) is 16.3 Å². The van der Waals surface area contributed by atoms with E-state index in [9.17, 15) is 4.79 Å². The Morgan fingerprint density at radius 3 is 2.82 bits per heavy atom. The summed E-state index contributed by atoms with van der Waals surface area (Å²) in [5.74, 6) is 0.907. The Hall–Kier alpha value is -2.11. The SMILES string of the molecule is Cc1cc2c(cc1C)C(N(CC(=O)Nc1cccnc1Cl)C1CC1)CCCO2. The first-order valence-corrected chi connectivity index (χ1v) is 10.3. The van der Waals surface area contributed by atoms with Crippen LogP contribution in [0.3, 0.4) is 0 Å². The number of amides is 1. The molecule has 1 unspecified atom stereocenters. The molecule has 1 fully saturated rings.